The molecule has 144 valence electrons. The van der Waals surface area contributed by atoms with Gasteiger partial charge in [-0.3, -0.25) is 9.78 Å². The fourth-order valence-electron chi connectivity index (χ4n) is 4.13. The van der Waals surface area contributed by atoms with Crippen LogP contribution in [0.15, 0.2) is 24.4 Å². The Labute approximate surface area is 156 Å². The Morgan fingerprint density at radius 2 is 2.04 bits per heavy atom. The molecule has 1 aromatic heterocycles. The van der Waals surface area contributed by atoms with E-state index >= 15 is 0 Å². The van der Waals surface area contributed by atoms with Crippen LogP contribution in [0.2, 0.25) is 0 Å². The van der Waals surface area contributed by atoms with Gasteiger partial charge in [-0.1, -0.05) is 6.07 Å². The minimum Gasteiger partial charge on any atom is -0.382 e. The third kappa shape index (κ3) is 4.61. The molecule has 2 aliphatic heterocycles. The van der Waals surface area contributed by atoms with Crippen LogP contribution >= 0.6 is 0 Å². The Morgan fingerprint density at radius 1 is 1.31 bits per heavy atom. The second-order valence-electron chi connectivity index (χ2n) is 7.33. The topological polar surface area (TPSA) is 54.9 Å². The summed E-state index contributed by atoms with van der Waals surface area (Å²) in [5, 5.41) is 0. The van der Waals surface area contributed by atoms with E-state index in [1.54, 1.807) is 13.3 Å². The monoisotopic (exact) mass is 361 g/mol. The molecule has 0 bridgehead atoms. The number of hydrogen-bond donors (Lipinski definition) is 0. The second-order valence-corrected chi connectivity index (χ2v) is 7.33. The van der Waals surface area contributed by atoms with Crippen LogP contribution in [0.4, 0.5) is 0 Å². The summed E-state index contributed by atoms with van der Waals surface area (Å²) in [6, 6.07) is 6.30. The summed E-state index contributed by atoms with van der Waals surface area (Å²) in [6.07, 6.45) is 5.87. The molecule has 6 nitrogen and oxygen atoms in total. The highest BCUT2D eigenvalue weighted by Gasteiger charge is 2.33. The van der Waals surface area contributed by atoms with Gasteiger partial charge in [0, 0.05) is 45.5 Å². The van der Waals surface area contributed by atoms with Crippen LogP contribution in [0.5, 0.6) is 0 Å². The van der Waals surface area contributed by atoms with Crippen LogP contribution in [-0.4, -0.2) is 73.8 Å². The van der Waals surface area contributed by atoms with Crippen molar-refractivity contribution in [3.63, 3.8) is 0 Å². The van der Waals surface area contributed by atoms with Crippen molar-refractivity contribution in [3.05, 3.63) is 30.1 Å². The predicted octanol–water partition coefficient (Wildman–Crippen LogP) is 2.12. The van der Waals surface area contributed by atoms with Crippen LogP contribution in [0.25, 0.3) is 0 Å². The maximum Gasteiger partial charge on any atom is 0.226 e. The first-order valence-corrected chi connectivity index (χ1v) is 9.69. The van der Waals surface area contributed by atoms with Crippen molar-refractivity contribution in [2.75, 3.05) is 47.1 Å². The number of pyridine rings is 1. The Bertz CT molecular complexity index is 555. The number of nitrogens with zero attached hydrogens (tertiary/aromatic N) is 3. The van der Waals surface area contributed by atoms with Gasteiger partial charge in [0.1, 0.15) is 0 Å². The molecule has 0 spiro atoms. The van der Waals surface area contributed by atoms with Gasteiger partial charge in [0.15, 0.2) is 0 Å². The molecule has 1 amide bonds. The van der Waals surface area contributed by atoms with Crippen molar-refractivity contribution < 1.29 is 14.3 Å². The van der Waals surface area contributed by atoms with Crippen LogP contribution in [-0.2, 0) is 14.3 Å². The average molecular weight is 361 g/mol. The number of aromatic nitrogens is 1. The van der Waals surface area contributed by atoms with Gasteiger partial charge < -0.3 is 19.3 Å². The number of hydrogen-bond acceptors (Lipinski definition) is 5. The van der Waals surface area contributed by atoms with Crippen LogP contribution < -0.4 is 0 Å². The SMILES string of the molecule is COC[C@@H](c1ccccn1)N(C)C(=O)C1CCN(C2CCOCC2)CC1. The lowest BCUT2D eigenvalue weighted by Gasteiger charge is -2.40. The van der Waals surface area contributed by atoms with Gasteiger partial charge in [-0.15, -0.1) is 0 Å². The molecule has 0 saturated carbocycles. The van der Waals surface area contributed by atoms with E-state index in [9.17, 15) is 4.79 Å². The zero-order valence-corrected chi connectivity index (χ0v) is 16.0. The molecule has 1 atom stereocenters. The first kappa shape index (κ1) is 19.3. The number of ether oxygens (including phenoxy) is 2. The largest absolute Gasteiger partial charge is 0.382 e. The molecule has 2 fully saturated rings. The molecule has 3 heterocycles. The average Bonchev–Trinajstić information content (AvgIpc) is 2.72. The third-order valence-corrected chi connectivity index (χ3v) is 5.75. The van der Waals surface area contributed by atoms with Crippen LogP contribution in [0.1, 0.15) is 37.4 Å². The fraction of sp³-hybridized carbons (Fsp3) is 0.700. The molecule has 0 aliphatic carbocycles. The number of methoxy groups -OCH3 is 1. The lowest BCUT2D eigenvalue weighted by molar-refractivity contribution is -0.139. The summed E-state index contributed by atoms with van der Waals surface area (Å²) in [4.78, 5) is 21.9. The lowest BCUT2D eigenvalue weighted by Crippen LogP contribution is -2.47. The lowest BCUT2D eigenvalue weighted by atomic mass is 9.92. The zero-order chi connectivity index (χ0) is 18.4. The molecule has 2 saturated heterocycles. The Morgan fingerprint density at radius 3 is 2.65 bits per heavy atom. The number of likely N-dealkylation sites (tertiary alicyclic amines) is 1. The summed E-state index contributed by atoms with van der Waals surface area (Å²) >= 11 is 0. The second kappa shape index (κ2) is 9.44. The first-order chi connectivity index (χ1) is 12.7. The number of piperidine rings is 1. The van der Waals surface area contributed by atoms with Gasteiger partial charge in [-0.2, -0.15) is 0 Å². The van der Waals surface area contributed by atoms with E-state index in [0.29, 0.717) is 12.6 Å². The maximum absolute atomic E-state index is 13.1. The molecule has 0 radical (unpaired) electrons. The first-order valence-electron chi connectivity index (χ1n) is 9.69. The quantitative estimate of drug-likeness (QED) is 0.777. The molecular formula is C20H31N3O3. The van der Waals surface area contributed by atoms with Gasteiger partial charge in [-0.05, 0) is 50.9 Å². The van der Waals surface area contributed by atoms with E-state index in [0.717, 1.165) is 57.7 Å². The number of likely N-dealkylation sites (N-methyl/N-ethyl adjacent to an activating group) is 1. The molecule has 3 rings (SSSR count). The molecule has 0 aromatic carbocycles. The Hall–Kier alpha value is -1.50. The molecule has 0 unspecified atom stereocenters. The highest BCUT2D eigenvalue weighted by molar-refractivity contribution is 5.79. The summed E-state index contributed by atoms with van der Waals surface area (Å²) in [5.41, 5.74) is 0.879. The summed E-state index contributed by atoms with van der Waals surface area (Å²) in [6.45, 7) is 4.21. The number of amides is 1. The normalized spacial score (nSPS) is 21.5. The smallest absolute Gasteiger partial charge is 0.226 e. The van der Waals surface area contributed by atoms with Crippen molar-refractivity contribution in [1.82, 2.24) is 14.8 Å². The van der Waals surface area contributed by atoms with E-state index in [2.05, 4.69) is 9.88 Å². The molecule has 1 aromatic rings. The van der Waals surface area contributed by atoms with E-state index in [1.807, 2.05) is 30.1 Å². The minimum absolute atomic E-state index is 0.0964. The molecular weight excluding hydrogens is 330 g/mol. The van der Waals surface area contributed by atoms with Crippen molar-refractivity contribution >= 4 is 5.91 Å². The number of carbonyl (C=O) groups excluding carboxylic acids is 1. The summed E-state index contributed by atoms with van der Waals surface area (Å²) in [7, 11) is 3.55. The zero-order valence-electron chi connectivity index (χ0n) is 16.0. The van der Waals surface area contributed by atoms with E-state index < -0.39 is 0 Å². The van der Waals surface area contributed by atoms with E-state index in [-0.39, 0.29) is 17.9 Å². The Balaban J connectivity index is 1.57. The highest BCUT2D eigenvalue weighted by atomic mass is 16.5. The molecule has 2 aliphatic rings. The van der Waals surface area contributed by atoms with Crippen LogP contribution in [0.3, 0.4) is 0 Å². The maximum atomic E-state index is 13.1. The van der Waals surface area contributed by atoms with Gasteiger partial charge in [-0.25, -0.2) is 0 Å². The van der Waals surface area contributed by atoms with E-state index in [4.69, 9.17) is 9.47 Å². The van der Waals surface area contributed by atoms with Gasteiger partial charge >= 0.3 is 0 Å². The molecule has 0 N–H and O–H groups in total. The van der Waals surface area contributed by atoms with Gasteiger partial charge in [0.2, 0.25) is 5.91 Å². The van der Waals surface area contributed by atoms with Crippen LogP contribution in [0, 0.1) is 5.92 Å². The molecule has 6 heteroatoms. The van der Waals surface area contributed by atoms with Crippen molar-refractivity contribution in [3.8, 4) is 0 Å². The van der Waals surface area contributed by atoms with Crippen molar-refractivity contribution in [2.45, 2.75) is 37.8 Å². The summed E-state index contributed by atoms with van der Waals surface area (Å²) in [5.74, 6) is 0.309. The highest BCUT2D eigenvalue weighted by Crippen LogP contribution is 2.27. The number of carbonyl (C=O) groups is 1. The van der Waals surface area contributed by atoms with Gasteiger partial charge in [0.05, 0.1) is 18.3 Å². The minimum atomic E-state index is -0.137. The number of rotatable bonds is 6. The van der Waals surface area contributed by atoms with Gasteiger partial charge in [0.25, 0.3) is 0 Å². The van der Waals surface area contributed by atoms with Crippen molar-refractivity contribution in [2.24, 2.45) is 5.92 Å². The fourth-order valence-corrected chi connectivity index (χ4v) is 4.13. The third-order valence-electron chi connectivity index (χ3n) is 5.75. The Kier molecular flexibility index (Phi) is 7.00. The summed E-state index contributed by atoms with van der Waals surface area (Å²) < 4.78 is 10.8. The predicted molar refractivity (Wildman–Crippen MR) is 99.8 cm³/mol. The molecule has 26 heavy (non-hydrogen) atoms. The van der Waals surface area contributed by atoms with E-state index in [1.165, 1.54) is 0 Å². The van der Waals surface area contributed by atoms with Crippen molar-refractivity contribution in [1.29, 1.82) is 0 Å². The standard InChI is InChI=1S/C20H31N3O3/c1-22(19(15-25-2)18-5-3-4-10-21-18)20(24)16-6-11-23(12-7-16)17-8-13-26-14-9-17/h3-5,10,16-17,19H,6-9,11-15H2,1-2H3/t19-/m0/s1.